The number of halogens is 2. The first-order valence-electron chi connectivity index (χ1n) is 4.70. The van der Waals surface area contributed by atoms with Crippen molar-refractivity contribution >= 4 is 12.2 Å². The van der Waals surface area contributed by atoms with Crippen LogP contribution in [-0.2, 0) is 0 Å². The van der Waals surface area contributed by atoms with Crippen molar-refractivity contribution in [1.29, 1.82) is 5.26 Å². The van der Waals surface area contributed by atoms with E-state index in [9.17, 15) is 8.78 Å². The first-order chi connectivity index (χ1) is 8.10. The molecule has 0 bridgehead atoms. The molecule has 1 N–H and O–H groups in total. The number of hydrogen-bond donors (Lipinski definition) is 1. The van der Waals surface area contributed by atoms with Gasteiger partial charge in [0.2, 0.25) is 0 Å². The van der Waals surface area contributed by atoms with E-state index in [-0.39, 0.29) is 4.64 Å². The Labute approximate surface area is 101 Å². The van der Waals surface area contributed by atoms with Gasteiger partial charge in [-0.15, -0.1) is 0 Å². The topological polar surface area (TPSA) is 39.6 Å². The lowest BCUT2D eigenvalue weighted by Gasteiger charge is -2.03. The summed E-state index contributed by atoms with van der Waals surface area (Å²) < 4.78 is 26.3. The maximum atomic E-state index is 13.0. The summed E-state index contributed by atoms with van der Waals surface area (Å²) in [5, 5.41) is 8.71. The minimum atomic E-state index is -0.663. The molecule has 1 aromatic heterocycles. The van der Waals surface area contributed by atoms with E-state index < -0.39 is 11.6 Å². The molecular formula is C12H6F2N2S. The van der Waals surface area contributed by atoms with Gasteiger partial charge < -0.3 is 4.98 Å². The van der Waals surface area contributed by atoms with E-state index in [2.05, 4.69) is 4.98 Å². The molecule has 0 aliphatic rings. The van der Waals surface area contributed by atoms with Crippen LogP contribution in [0, 0.1) is 27.6 Å². The summed E-state index contributed by atoms with van der Waals surface area (Å²) >= 11 is 4.94. The molecule has 2 nitrogen and oxygen atoms in total. The molecule has 17 heavy (non-hydrogen) atoms. The number of nitriles is 1. The van der Waals surface area contributed by atoms with Crippen molar-refractivity contribution in [2.24, 2.45) is 0 Å². The van der Waals surface area contributed by atoms with Crippen molar-refractivity contribution in [3.05, 3.63) is 52.2 Å². The first kappa shape index (κ1) is 11.4. The van der Waals surface area contributed by atoms with Gasteiger partial charge in [-0.2, -0.15) is 5.26 Å². The minimum absolute atomic E-state index is 0.245. The lowest BCUT2D eigenvalue weighted by Crippen LogP contribution is -1.89. The number of hydrogen-bond acceptors (Lipinski definition) is 2. The number of aromatic amines is 1. The van der Waals surface area contributed by atoms with Gasteiger partial charge in [0.25, 0.3) is 0 Å². The van der Waals surface area contributed by atoms with Crippen LogP contribution < -0.4 is 0 Å². The van der Waals surface area contributed by atoms with Gasteiger partial charge in [0.15, 0.2) is 0 Å². The van der Waals surface area contributed by atoms with E-state index in [0.29, 0.717) is 16.8 Å². The molecule has 0 fully saturated rings. The molecule has 2 rings (SSSR count). The Bertz CT molecular complexity index is 651. The van der Waals surface area contributed by atoms with Gasteiger partial charge in [-0.3, -0.25) is 0 Å². The van der Waals surface area contributed by atoms with Crippen LogP contribution in [0.4, 0.5) is 8.78 Å². The number of H-pyrrole nitrogens is 1. The Morgan fingerprint density at radius 3 is 2.29 bits per heavy atom. The lowest BCUT2D eigenvalue weighted by molar-refractivity contribution is 0.584. The number of benzene rings is 1. The highest BCUT2D eigenvalue weighted by molar-refractivity contribution is 7.71. The van der Waals surface area contributed by atoms with Crippen molar-refractivity contribution < 1.29 is 8.78 Å². The third kappa shape index (κ3) is 2.37. The molecule has 0 unspecified atom stereocenters. The summed E-state index contributed by atoms with van der Waals surface area (Å²) in [6.45, 7) is 0. The van der Waals surface area contributed by atoms with Crippen LogP contribution in [0.3, 0.4) is 0 Å². The van der Waals surface area contributed by atoms with Crippen LogP contribution in [-0.4, -0.2) is 4.98 Å². The van der Waals surface area contributed by atoms with Crippen molar-refractivity contribution in [3.8, 4) is 17.3 Å². The fourth-order valence-electron chi connectivity index (χ4n) is 1.44. The maximum Gasteiger partial charge on any atom is 0.126 e. The zero-order chi connectivity index (χ0) is 12.4. The molecule has 0 radical (unpaired) electrons. The van der Waals surface area contributed by atoms with E-state index in [0.717, 1.165) is 6.07 Å². The summed E-state index contributed by atoms with van der Waals surface area (Å²) in [5.41, 5.74) is 1.13. The van der Waals surface area contributed by atoms with E-state index in [1.54, 1.807) is 6.07 Å². The van der Waals surface area contributed by atoms with Crippen molar-refractivity contribution in [2.45, 2.75) is 0 Å². The Kier molecular flexibility index (Phi) is 2.98. The van der Waals surface area contributed by atoms with Gasteiger partial charge in [0, 0.05) is 17.3 Å². The minimum Gasteiger partial charge on any atom is -0.345 e. The summed E-state index contributed by atoms with van der Waals surface area (Å²) in [6, 6.07) is 8.16. The molecule has 5 heteroatoms. The molecule has 2 aromatic rings. The Hall–Kier alpha value is -2.06. The second kappa shape index (κ2) is 4.44. The number of rotatable bonds is 1. The van der Waals surface area contributed by atoms with Crippen LogP contribution in [0.1, 0.15) is 5.56 Å². The van der Waals surface area contributed by atoms with Crippen LogP contribution in [0.2, 0.25) is 0 Å². The zero-order valence-electron chi connectivity index (χ0n) is 8.50. The Morgan fingerprint density at radius 2 is 1.76 bits per heavy atom. The average Bonchev–Trinajstić information content (AvgIpc) is 2.27. The molecule has 1 aromatic carbocycles. The second-order valence-electron chi connectivity index (χ2n) is 3.38. The molecule has 0 aliphatic carbocycles. The molecule has 0 amide bonds. The Morgan fingerprint density at radius 1 is 1.12 bits per heavy atom. The summed E-state index contributed by atoms with van der Waals surface area (Å²) in [6.07, 6.45) is 0. The molecule has 0 saturated carbocycles. The fraction of sp³-hybridized carbons (Fsp3) is 0. The highest BCUT2D eigenvalue weighted by Crippen LogP contribution is 2.20. The number of pyridine rings is 1. The van der Waals surface area contributed by atoms with Gasteiger partial charge in [0.1, 0.15) is 22.3 Å². The first-order valence-corrected chi connectivity index (χ1v) is 5.11. The standard InChI is InChI=1S/C12H6F2N2S/c13-9-3-8(4-10(14)5-9)11-2-1-7(6-15)12(17)16-11/h1-5H,(H,16,17). The molecular weight excluding hydrogens is 242 g/mol. The smallest absolute Gasteiger partial charge is 0.126 e. The molecule has 0 aliphatic heterocycles. The summed E-state index contributed by atoms with van der Waals surface area (Å²) in [4.78, 5) is 2.76. The predicted molar refractivity (Wildman–Crippen MR) is 61.7 cm³/mol. The SMILES string of the molecule is N#Cc1ccc(-c2cc(F)cc(F)c2)[nH]c1=S. The second-order valence-corrected chi connectivity index (χ2v) is 3.79. The summed E-state index contributed by atoms with van der Waals surface area (Å²) in [7, 11) is 0. The van der Waals surface area contributed by atoms with Gasteiger partial charge in [-0.05, 0) is 24.3 Å². The molecule has 0 atom stereocenters. The molecule has 0 spiro atoms. The van der Waals surface area contributed by atoms with E-state index >= 15 is 0 Å². The third-order valence-electron chi connectivity index (χ3n) is 2.20. The normalized spacial score (nSPS) is 9.94. The maximum absolute atomic E-state index is 13.0. The Balaban J connectivity index is 2.58. The van der Waals surface area contributed by atoms with Crippen LogP contribution in [0.25, 0.3) is 11.3 Å². The number of nitrogens with one attached hydrogen (secondary N) is 1. The third-order valence-corrected chi connectivity index (χ3v) is 2.53. The van der Waals surface area contributed by atoms with Gasteiger partial charge in [-0.25, -0.2) is 8.78 Å². The number of aromatic nitrogens is 1. The number of nitrogens with zero attached hydrogens (tertiary/aromatic N) is 1. The fourth-order valence-corrected chi connectivity index (χ4v) is 1.66. The van der Waals surface area contributed by atoms with Crippen LogP contribution >= 0.6 is 12.2 Å². The summed E-state index contributed by atoms with van der Waals surface area (Å²) in [5.74, 6) is -1.33. The van der Waals surface area contributed by atoms with E-state index in [4.69, 9.17) is 17.5 Å². The van der Waals surface area contributed by atoms with Crippen molar-refractivity contribution in [2.75, 3.05) is 0 Å². The molecule has 84 valence electrons. The van der Waals surface area contributed by atoms with Crippen molar-refractivity contribution in [1.82, 2.24) is 4.98 Å². The highest BCUT2D eigenvalue weighted by atomic mass is 32.1. The molecule has 0 saturated heterocycles. The van der Waals surface area contributed by atoms with E-state index in [1.807, 2.05) is 6.07 Å². The van der Waals surface area contributed by atoms with Crippen molar-refractivity contribution in [3.63, 3.8) is 0 Å². The quantitative estimate of drug-likeness (QED) is 0.784. The average molecular weight is 248 g/mol. The monoisotopic (exact) mass is 248 g/mol. The predicted octanol–water partition coefficient (Wildman–Crippen LogP) is 3.56. The van der Waals surface area contributed by atoms with Gasteiger partial charge >= 0.3 is 0 Å². The molecule has 1 heterocycles. The zero-order valence-corrected chi connectivity index (χ0v) is 9.31. The van der Waals surface area contributed by atoms with Gasteiger partial charge in [-0.1, -0.05) is 12.2 Å². The lowest BCUT2D eigenvalue weighted by atomic mass is 10.1. The van der Waals surface area contributed by atoms with E-state index in [1.165, 1.54) is 18.2 Å². The van der Waals surface area contributed by atoms with Crippen LogP contribution in [0.15, 0.2) is 30.3 Å². The van der Waals surface area contributed by atoms with Crippen LogP contribution in [0.5, 0.6) is 0 Å². The largest absolute Gasteiger partial charge is 0.345 e. The van der Waals surface area contributed by atoms with Gasteiger partial charge in [0.05, 0.1) is 5.56 Å². The highest BCUT2D eigenvalue weighted by Gasteiger charge is 2.04.